The van der Waals surface area contributed by atoms with Gasteiger partial charge in [0.1, 0.15) is 29.8 Å². The van der Waals surface area contributed by atoms with Crippen LogP contribution in [0.15, 0.2) is 24.3 Å². The number of terminal acetylenes is 1. The predicted molar refractivity (Wildman–Crippen MR) is 212 cm³/mol. The van der Waals surface area contributed by atoms with Crippen molar-refractivity contribution in [1.82, 2.24) is 30.2 Å². The summed E-state index contributed by atoms with van der Waals surface area (Å²) < 4.78 is 100. The number of hydrogen-bond acceptors (Lipinski definition) is 10. The highest BCUT2D eigenvalue weighted by Crippen LogP contribution is 2.50. The van der Waals surface area contributed by atoms with E-state index in [4.69, 9.17) is 15.9 Å². The summed E-state index contributed by atoms with van der Waals surface area (Å²) in [5, 5.41) is 5.06. The highest BCUT2D eigenvalue weighted by molar-refractivity contribution is 7.91. The standard InChI is InChI=1S/C42H52F4N6O8S/c1-7-23-18-24-12-10-11-15-42(45,46)31-35(48-27-14-9-8-13-26(27)47-31)59-29-21-52(36(54)32(39(3,4)5)49-38(56)60-28(24)19-23)30(22(29)2)34(53)50-41(20-25(41)33(43)44)37(55)51-61(57,58)40(6)16-17-40/h1,8-9,13-14,22-25,28-30,32-33H,10-12,15-21H2,2-6H3,(H,49,56)(H,50,53)(H,51,55)/t22-,23-,24-,25+,28-,29+,30+,32-,41-/m1/s1. The lowest BCUT2D eigenvalue weighted by Crippen LogP contribution is -2.61. The molecule has 19 heteroatoms. The van der Waals surface area contributed by atoms with Gasteiger partial charge in [0.15, 0.2) is 5.69 Å². The molecule has 2 aromatic rings. The van der Waals surface area contributed by atoms with Gasteiger partial charge >= 0.3 is 6.09 Å². The van der Waals surface area contributed by atoms with Crippen LogP contribution in [0.25, 0.3) is 11.0 Å². The van der Waals surface area contributed by atoms with Crippen molar-refractivity contribution < 1.29 is 54.6 Å². The Morgan fingerprint density at radius 3 is 2.31 bits per heavy atom. The minimum Gasteiger partial charge on any atom is -0.471 e. The average Bonchev–Trinajstić information content (AvgIpc) is 4.05. The fourth-order valence-corrected chi connectivity index (χ4v) is 10.2. The summed E-state index contributed by atoms with van der Waals surface area (Å²) in [6.45, 7) is 7.42. The SMILES string of the molecule is C#C[C@@H]1C[C@H]2CCCCC(F)(F)c3nc4ccccc4nc3O[C@H]3CN(C(=O)[C@H](C(C)(C)C)NC(=O)O[C@@H]2C1)[C@H](C(=O)N[C@]1(C(=O)NS(=O)(=O)C2(C)CC2)C[C@H]1C(F)F)[C@@H]3C. The maximum Gasteiger partial charge on any atom is 0.408 e. The number of alkyl carbamates (subject to hydrolysis) is 1. The largest absolute Gasteiger partial charge is 0.471 e. The van der Waals surface area contributed by atoms with Gasteiger partial charge in [-0.25, -0.2) is 32.0 Å². The van der Waals surface area contributed by atoms with Crippen molar-refractivity contribution in [3.8, 4) is 18.2 Å². The van der Waals surface area contributed by atoms with Crippen LogP contribution in [0, 0.1) is 41.4 Å². The number of benzene rings is 1. The van der Waals surface area contributed by atoms with E-state index in [2.05, 4.69) is 26.5 Å². The molecule has 4 fully saturated rings. The molecule has 1 aromatic heterocycles. The van der Waals surface area contributed by atoms with E-state index in [-0.39, 0.29) is 42.1 Å². The lowest BCUT2D eigenvalue weighted by molar-refractivity contribution is -0.143. The smallest absolute Gasteiger partial charge is 0.408 e. The summed E-state index contributed by atoms with van der Waals surface area (Å²) in [7, 11) is -4.32. The third-order valence-electron chi connectivity index (χ3n) is 13.2. The van der Waals surface area contributed by atoms with Gasteiger partial charge in [-0.05, 0) is 75.3 Å². The van der Waals surface area contributed by atoms with Crippen molar-refractivity contribution >= 4 is 44.9 Å². The first-order valence-electron chi connectivity index (χ1n) is 20.7. The van der Waals surface area contributed by atoms with Gasteiger partial charge in [0, 0.05) is 18.3 Å². The molecule has 4 amide bonds. The number of nitrogens with zero attached hydrogens (tertiary/aromatic N) is 3. The van der Waals surface area contributed by atoms with Crippen LogP contribution in [0.2, 0.25) is 0 Å². The van der Waals surface area contributed by atoms with Gasteiger partial charge in [0.05, 0.1) is 28.2 Å². The molecule has 0 unspecified atom stereocenters. The van der Waals surface area contributed by atoms with Crippen molar-refractivity contribution in [2.24, 2.45) is 29.1 Å². The Morgan fingerprint density at radius 2 is 1.70 bits per heavy atom. The Kier molecular flexibility index (Phi) is 11.5. The monoisotopic (exact) mass is 876 g/mol. The van der Waals surface area contributed by atoms with E-state index >= 15 is 8.78 Å². The van der Waals surface area contributed by atoms with Crippen molar-refractivity contribution in [1.29, 1.82) is 0 Å². The highest BCUT2D eigenvalue weighted by atomic mass is 32.2. The van der Waals surface area contributed by atoms with E-state index in [1.165, 1.54) is 19.9 Å². The number of hydrogen-bond donors (Lipinski definition) is 3. The maximum absolute atomic E-state index is 16.4. The molecule has 0 radical (unpaired) electrons. The molecule has 61 heavy (non-hydrogen) atoms. The molecule has 3 saturated carbocycles. The second kappa shape index (κ2) is 15.9. The normalized spacial score (nSPS) is 32.5. The van der Waals surface area contributed by atoms with E-state index < -0.39 is 129 Å². The summed E-state index contributed by atoms with van der Waals surface area (Å²) in [5.41, 5.74) is -3.75. The number of carbonyl (C=O) groups excluding carboxylic acids is 4. The van der Waals surface area contributed by atoms with Crippen LogP contribution >= 0.6 is 0 Å². The van der Waals surface area contributed by atoms with E-state index in [0.717, 1.165) is 4.90 Å². The summed E-state index contributed by atoms with van der Waals surface area (Å²) in [5.74, 6) is -8.02. The second-order valence-corrected chi connectivity index (χ2v) is 20.9. The van der Waals surface area contributed by atoms with Crippen LogP contribution in [0.3, 0.4) is 0 Å². The number of ether oxygens (including phenoxy) is 2. The van der Waals surface area contributed by atoms with Crippen LogP contribution < -0.4 is 20.1 Å². The van der Waals surface area contributed by atoms with Crippen LogP contribution in [-0.2, 0) is 35.1 Å². The maximum atomic E-state index is 16.4. The minimum absolute atomic E-state index is 0.0585. The Hall–Kier alpha value is -4.73. The summed E-state index contributed by atoms with van der Waals surface area (Å²) in [6, 6.07) is 3.36. The minimum atomic E-state index is -4.32. The molecular weight excluding hydrogens is 825 g/mol. The van der Waals surface area contributed by atoms with Gasteiger partial charge in [0.2, 0.25) is 34.1 Å². The number of carbonyl (C=O) groups is 4. The molecule has 2 bridgehead atoms. The Balaban J connectivity index is 1.28. The van der Waals surface area contributed by atoms with Gasteiger partial charge in [-0.2, -0.15) is 8.78 Å². The summed E-state index contributed by atoms with van der Waals surface area (Å²) in [4.78, 5) is 66.5. The highest BCUT2D eigenvalue weighted by Gasteiger charge is 2.67. The topological polar surface area (TPSA) is 186 Å². The zero-order valence-corrected chi connectivity index (χ0v) is 35.5. The zero-order valence-electron chi connectivity index (χ0n) is 34.7. The van der Waals surface area contributed by atoms with Crippen molar-refractivity contribution in [3.05, 3.63) is 30.0 Å². The number of halogens is 4. The molecule has 7 rings (SSSR count). The lowest BCUT2D eigenvalue weighted by atomic mass is 9.85. The number of fused-ring (bicyclic) bond motifs is 5. The van der Waals surface area contributed by atoms with Crippen molar-refractivity contribution in [2.75, 3.05) is 6.54 Å². The van der Waals surface area contributed by atoms with Gasteiger partial charge in [-0.1, -0.05) is 46.2 Å². The fraction of sp³-hybridized carbons (Fsp3) is 0.667. The molecule has 1 aromatic carbocycles. The number of sulfonamides is 1. The molecule has 1 saturated heterocycles. The third-order valence-corrected chi connectivity index (χ3v) is 15.4. The van der Waals surface area contributed by atoms with Gasteiger partial charge < -0.3 is 25.0 Å². The Labute approximate surface area is 352 Å². The van der Waals surface area contributed by atoms with Gasteiger partial charge in [-0.3, -0.25) is 19.1 Å². The Morgan fingerprint density at radius 1 is 1.03 bits per heavy atom. The molecular formula is C42H52F4N6O8S. The number of alkyl halides is 4. The molecule has 14 nitrogen and oxygen atoms in total. The van der Waals surface area contributed by atoms with Crippen LogP contribution in [0.1, 0.15) is 98.1 Å². The average molecular weight is 877 g/mol. The van der Waals surface area contributed by atoms with E-state index in [9.17, 15) is 36.4 Å². The van der Waals surface area contributed by atoms with E-state index in [1.54, 1.807) is 39.0 Å². The van der Waals surface area contributed by atoms with Crippen molar-refractivity contribution in [3.63, 3.8) is 0 Å². The van der Waals surface area contributed by atoms with Crippen LogP contribution in [0.4, 0.5) is 22.4 Å². The molecule has 9 atom stereocenters. The molecule has 5 aliphatic rings. The first-order valence-corrected chi connectivity index (χ1v) is 22.2. The molecule has 0 spiro atoms. The molecule has 2 aliphatic heterocycles. The number of amides is 4. The van der Waals surface area contributed by atoms with E-state index in [1.807, 2.05) is 4.72 Å². The number of para-hydroxylation sites is 2. The quantitative estimate of drug-likeness (QED) is 0.258. The second-order valence-electron chi connectivity index (χ2n) is 18.7. The predicted octanol–water partition coefficient (Wildman–Crippen LogP) is 5.20. The number of rotatable bonds is 6. The summed E-state index contributed by atoms with van der Waals surface area (Å²) in [6.07, 6.45) is 0.655. The number of aromatic nitrogens is 2. The van der Waals surface area contributed by atoms with Crippen LogP contribution in [-0.4, -0.2) is 94.6 Å². The lowest BCUT2D eigenvalue weighted by Gasteiger charge is -2.36. The summed E-state index contributed by atoms with van der Waals surface area (Å²) >= 11 is 0. The first kappa shape index (κ1) is 44.3. The van der Waals surface area contributed by atoms with Crippen LogP contribution in [0.5, 0.6) is 5.88 Å². The fourth-order valence-electron chi connectivity index (χ4n) is 8.94. The molecule has 3 N–H and O–H groups in total. The third kappa shape index (κ3) is 8.57. The molecule has 332 valence electrons. The molecule has 3 heterocycles. The molecule has 3 aliphatic carbocycles. The zero-order chi connectivity index (χ0) is 44.4. The first-order chi connectivity index (χ1) is 28.5. The van der Waals surface area contributed by atoms with Gasteiger partial charge in [-0.15, -0.1) is 12.3 Å². The number of nitrogens with one attached hydrogen (secondary N) is 3. The van der Waals surface area contributed by atoms with E-state index in [0.29, 0.717) is 25.7 Å². The van der Waals surface area contributed by atoms with Crippen molar-refractivity contribution in [2.45, 2.75) is 139 Å². The Bertz CT molecular complexity index is 2250. The van der Waals surface area contributed by atoms with Gasteiger partial charge in [0.25, 0.3) is 11.8 Å².